The first kappa shape index (κ1) is 17.3. The third-order valence-corrected chi connectivity index (χ3v) is 4.25. The fraction of sp³-hybridized carbons (Fsp3) is 0.556. The summed E-state index contributed by atoms with van der Waals surface area (Å²) < 4.78 is 0. The third kappa shape index (κ3) is 5.93. The monoisotopic (exact) mass is 317 g/mol. The van der Waals surface area contributed by atoms with E-state index >= 15 is 0 Å². The molecule has 1 aliphatic rings. The zero-order chi connectivity index (χ0) is 16.5. The summed E-state index contributed by atoms with van der Waals surface area (Å²) in [6, 6.07) is 10.2. The predicted molar refractivity (Wildman–Crippen MR) is 91.1 cm³/mol. The number of hydrogen-bond acceptors (Lipinski definition) is 2. The van der Waals surface area contributed by atoms with Crippen LogP contribution in [0.3, 0.4) is 0 Å². The molecule has 5 heteroatoms. The maximum absolute atomic E-state index is 12.3. The number of nitrogens with one attached hydrogen (secondary N) is 2. The minimum Gasteiger partial charge on any atom is -0.356 e. The Labute approximate surface area is 138 Å². The lowest BCUT2D eigenvalue weighted by molar-refractivity contribution is -0.121. The SMILES string of the molecule is CCC(=O)NCC1CCCN(C(=O)NCCc2ccccc2)C1. The molecule has 1 atom stereocenters. The Hall–Kier alpha value is -2.04. The summed E-state index contributed by atoms with van der Waals surface area (Å²) in [6.07, 6.45) is 3.42. The van der Waals surface area contributed by atoms with E-state index in [2.05, 4.69) is 22.8 Å². The van der Waals surface area contributed by atoms with Crippen molar-refractivity contribution in [2.45, 2.75) is 32.6 Å². The van der Waals surface area contributed by atoms with Crippen LogP contribution in [-0.4, -0.2) is 43.0 Å². The van der Waals surface area contributed by atoms with Crippen molar-refractivity contribution in [3.05, 3.63) is 35.9 Å². The Kier molecular flexibility index (Phi) is 6.91. The maximum atomic E-state index is 12.3. The smallest absolute Gasteiger partial charge is 0.317 e. The first-order valence-corrected chi connectivity index (χ1v) is 8.52. The molecule has 0 aromatic heterocycles. The number of rotatable bonds is 6. The van der Waals surface area contributed by atoms with Crippen LogP contribution in [0.2, 0.25) is 0 Å². The zero-order valence-electron chi connectivity index (χ0n) is 13.9. The van der Waals surface area contributed by atoms with Gasteiger partial charge in [-0.25, -0.2) is 4.79 Å². The first-order valence-electron chi connectivity index (χ1n) is 8.52. The van der Waals surface area contributed by atoms with Gasteiger partial charge < -0.3 is 15.5 Å². The van der Waals surface area contributed by atoms with Gasteiger partial charge in [0.15, 0.2) is 0 Å². The van der Waals surface area contributed by atoms with E-state index in [1.165, 1.54) is 5.56 Å². The van der Waals surface area contributed by atoms with Gasteiger partial charge in [0, 0.05) is 32.6 Å². The largest absolute Gasteiger partial charge is 0.356 e. The zero-order valence-corrected chi connectivity index (χ0v) is 13.9. The molecule has 0 bridgehead atoms. The van der Waals surface area contributed by atoms with E-state index in [4.69, 9.17) is 0 Å². The summed E-state index contributed by atoms with van der Waals surface area (Å²) >= 11 is 0. The molecule has 1 saturated heterocycles. The van der Waals surface area contributed by atoms with Crippen LogP contribution in [0, 0.1) is 5.92 Å². The Morgan fingerprint density at radius 2 is 2.00 bits per heavy atom. The Bertz CT molecular complexity index is 504. The molecular weight excluding hydrogens is 290 g/mol. The molecule has 0 spiro atoms. The lowest BCUT2D eigenvalue weighted by Crippen LogP contribution is -2.48. The van der Waals surface area contributed by atoms with E-state index in [9.17, 15) is 9.59 Å². The molecule has 1 unspecified atom stereocenters. The lowest BCUT2D eigenvalue weighted by Gasteiger charge is -2.32. The number of benzene rings is 1. The Morgan fingerprint density at radius 1 is 1.22 bits per heavy atom. The van der Waals surface area contributed by atoms with Crippen LogP contribution in [0.15, 0.2) is 30.3 Å². The first-order chi connectivity index (χ1) is 11.2. The highest BCUT2D eigenvalue weighted by atomic mass is 16.2. The van der Waals surface area contributed by atoms with E-state index in [0.29, 0.717) is 25.4 Å². The molecule has 1 aromatic rings. The van der Waals surface area contributed by atoms with Crippen molar-refractivity contribution in [2.24, 2.45) is 5.92 Å². The van der Waals surface area contributed by atoms with Gasteiger partial charge in [-0.05, 0) is 30.7 Å². The topological polar surface area (TPSA) is 61.4 Å². The number of amides is 3. The molecule has 126 valence electrons. The minimum absolute atomic E-state index is 0.00690. The summed E-state index contributed by atoms with van der Waals surface area (Å²) in [4.78, 5) is 25.5. The van der Waals surface area contributed by atoms with Gasteiger partial charge in [0.1, 0.15) is 0 Å². The van der Waals surface area contributed by atoms with Crippen molar-refractivity contribution < 1.29 is 9.59 Å². The van der Waals surface area contributed by atoms with Gasteiger partial charge in [0.2, 0.25) is 5.91 Å². The van der Waals surface area contributed by atoms with Gasteiger partial charge in [-0.1, -0.05) is 37.3 Å². The molecule has 0 radical (unpaired) electrons. The van der Waals surface area contributed by atoms with Crippen LogP contribution in [-0.2, 0) is 11.2 Å². The third-order valence-electron chi connectivity index (χ3n) is 4.25. The van der Waals surface area contributed by atoms with E-state index in [0.717, 1.165) is 32.4 Å². The number of hydrogen-bond donors (Lipinski definition) is 2. The normalized spacial score (nSPS) is 17.6. The summed E-state index contributed by atoms with van der Waals surface area (Å²) in [5, 5.41) is 5.93. The average Bonchev–Trinajstić information content (AvgIpc) is 2.60. The molecular formula is C18H27N3O2. The fourth-order valence-electron chi connectivity index (χ4n) is 2.87. The van der Waals surface area contributed by atoms with E-state index in [1.807, 2.05) is 30.0 Å². The van der Waals surface area contributed by atoms with Crippen molar-refractivity contribution in [3.63, 3.8) is 0 Å². The van der Waals surface area contributed by atoms with Crippen molar-refractivity contribution in [2.75, 3.05) is 26.2 Å². The van der Waals surface area contributed by atoms with Gasteiger partial charge in [-0.2, -0.15) is 0 Å². The van der Waals surface area contributed by atoms with Gasteiger partial charge >= 0.3 is 6.03 Å². The second kappa shape index (κ2) is 9.18. The molecule has 0 saturated carbocycles. The highest BCUT2D eigenvalue weighted by Crippen LogP contribution is 2.15. The van der Waals surface area contributed by atoms with Crippen LogP contribution >= 0.6 is 0 Å². The molecule has 1 heterocycles. The molecule has 2 rings (SSSR count). The Balaban J connectivity index is 1.70. The van der Waals surface area contributed by atoms with Crippen LogP contribution in [0.4, 0.5) is 4.79 Å². The second-order valence-corrected chi connectivity index (χ2v) is 6.08. The molecule has 1 aromatic carbocycles. The summed E-state index contributed by atoms with van der Waals surface area (Å²) in [5.41, 5.74) is 1.23. The van der Waals surface area contributed by atoms with Crippen molar-refractivity contribution in [3.8, 4) is 0 Å². The quantitative estimate of drug-likeness (QED) is 0.845. The Morgan fingerprint density at radius 3 is 2.74 bits per heavy atom. The number of likely N-dealkylation sites (tertiary alicyclic amines) is 1. The molecule has 2 N–H and O–H groups in total. The minimum atomic E-state index is 0.00690. The van der Waals surface area contributed by atoms with Crippen LogP contribution in [0.25, 0.3) is 0 Å². The van der Waals surface area contributed by atoms with Gasteiger partial charge in [-0.15, -0.1) is 0 Å². The fourth-order valence-corrected chi connectivity index (χ4v) is 2.87. The van der Waals surface area contributed by atoms with E-state index in [1.54, 1.807) is 0 Å². The molecule has 1 aliphatic heterocycles. The lowest BCUT2D eigenvalue weighted by atomic mass is 9.98. The van der Waals surface area contributed by atoms with Crippen molar-refractivity contribution >= 4 is 11.9 Å². The standard InChI is InChI=1S/C18H27N3O2/c1-2-17(22)20-13-16-9-6-12-21(14-16)18(23)19-11-10-15-7-4-3-5-8-15/h3-5,7-8,16H,2,6,9-14H2,1H3,(H,19,23)(H,20,22). The van der Waals surface area contributed by atoms with Crippen LogP contribution < -0.4 is 10.6 Å². The summed E-state index contributed by atoms with van der Waals surface area (Å²) in [7, 11) is 0. The predicted octanol–water partition coefficient (Wildman–Crippen LogP) is 2.18. The van der Waals surface area contributed by atoms with Crippen LogP contribution in [0.5, 0.6) is 0 Å². The summed E-state index contributed by atoms with van der Waals surface area (Å²) in [5.74, 6) is 0.438. The van der Waals surface area contributed by atoms with Gasteiger partial charge in [0.25, 0.3) is 0 Å². The number of urea groups is 1. The highest BCUT2D eigenvalue weighted by Gasteiger charge is 2.23. The van der Waals surface area contributed by atoms with Crippen LogP contribution in [0.1, 0.15) is 31.7 Å². The molecule has 1 fully saturated rings. The van der Waals surface area contributed by atoms with Gasteiger partial charge in [0.05, 0.1) is 0 Å². The molecule has 23 heavy (non-hydrogen) atoms. The van der Waals surface area contributed by atoms with Crippen molar-refractivity contribution in [1.82, 2.24) is 15.5 Å². The summed E-state index contributed by atoms with van der Waals surface area (Å²) in [6.45, 7) is 4.69. The number of nitrogens with zero attached hydrogens (tertiary/aromatic N) is 1. The maximum Gasteiger partial charge on any atom is 0.317 e. The molecule has 0 aliphatic carbocycles. The number of carbonyl (C=O) groups excluding carboxylic acids is 2. The van der Waals surface area contributed by atoms with E-state index in [-0.39, 0.29) is 11.9 Å². The van der Waals surface area contributed by atoms with Crippen molar-refractivity contribution in [1.29, 1.82) is 0 Å². The van der Waals surface area contributed by atoms with E-state index < -0.39 is 0 Å². The molecule has 5 nitrogen and oxygen atoms in total. The number of carbonyl (C=O) groups is 2. The second-order valence-electron chi connectivity index (χ2n) is 6.08. The molecule has 3 amide bonds. The average molecular weight is 317 g/mol. The number of piperidine rings is 1. The highest BCUT2D eigenvalue weighted by molar-refractivity contribution is 5.75. The van der Waals surface area contributed by atoms with Gasteiger partial charge in [-0.3, -0.25) is 4.79 Å².